The summed E-state index contributed by atoms with van der Waals surface area (Å²) in [6.07, 6.45) is -4.93. The number of nitrogens with zero attached hydrogens (tertiary/aromatic N) is 3. The van der Waals surface area contributed by atoms with Crippen molar-refractivity contribution in [2.45, 2.75) is 93.0 Å². The van der Waals surface area contributed by atoms with Crippen molar-refractivity contribution in [2.24, 2.45) is 0 Å². The van der Waals surface area contributed by atoms with Gasteiger partial charge in [-0.2, -0.15) is 13.2 Å². The molecule has 2 aliphatic heterocycles. The molecule has 2 aromatic heterocycles. The molecule has 0 spiro atoms. The van der Waals surface area contributed by atoms with Gasteiger partial charge in [0.2, 0.25) is 5.60 Å². The fourth-order valence-corrected chi connectivity index (χ4v) is 8.82. The summed E-state index contributed by atoms with van der Waals surface area (Å²) in [5.41, 5.74) is -3.61. The van der Waals surface area contributed by atoms with Gasteiger partial charge in [0.05, 0.1) is 11.6 Å². The first kappa shape index (κ1) is 39.4. The molecule has 0 aliphatic carbocycles. The van der Waals surface area contributed by atoms with E-state index in [9.17, 15) is 41.4 Å². The number of aliphatic hydroxyl groups is 1. The summed E-state index contributed by atoms with van der Waals surface area (Å²) < 4.78 is 75.3. The summed E-state index contributed by atoms with van der Waals surface area (Å²) in [5.74, 6) is -1.98. The highest BCUT2D eigenvalue weighted by molar-refractivity contribution is 7.99. The molecule has 0 bridgehead atoms. The van der Waals surface area contributed by atoms with Crippen molar-refractivity contribution in [2.75, 3.05) is 25.4 Å². The van der Waals surface area contributed by atoms with Gasteiger partial charge >= 0.3 is 12.1 Å². The number of carbonyl (C=O) groups is 3. The Morgan fingerprint density at radius 3 is 2.48 bits per heavy atom. The highest BCUT2D eigenvalue weighted by Gasteiger charge is 2.56. The topological polar surface area (TPSA) is 120 Å². The molecule has 2 N–H and O–H groups in total. The van der Waals surface area contributed by atoms with Crippen LogP contribution in [0.4, 0.5) is 22.0 Å². The van der Waals surface area contributed by atoms with E-state index < -0.39 is 63.8 Å². The monoisotopic (exact) mass is 769 g/mol. The third-order valence-electron chi connectivity index (χ3n) is 9.54. The average molecular weight is 770 g/mol. The summed E-state index contributed by atoms with van der Waals surface area (Å²) in [6, 6.07) is 9.41. The number of ether oxygens (including phenoxy) is 1. The molecule has 1 aromatic carbocycles. The number of thioether (sulfide) groups is 1. The molecule has 2 fully saturated rings. The van der Waals surface area contributed by atoms with E-state index in [4.69, 9.17) is 9.84 Å². The molecule has 2 amide bonds. The largest absolute Gasteiger partial charge is 0.481 e. The highest BCUT2D eigenvalue weighted by atomic mass is 32.2. The number of aliphatic carboxylic acids is 1. The van der Waals surface area contributed by atoms with Crippen LogP contribution in [0.1, 0.15) is 91.2 Å². The minimum absolute atomic E-state index is 0.0144. The molecular formula is C36H40F5N3O6S2. The fourth-order valence-electron chi connectivity index (χ4n) is 7.04. The zero-order chi connectivity index (χ0) is 37.7. The van der Waals surface area contributed by atoms with Gasteiger partial charge in [-0.3, -0.25) is 19.4 Å². The van der Waals surface area contributed by atoms with Crippen LogP contribution in [0.3, 0.4) is 0 Å². The molecule has 282 valence electrons. The van der Waals surface area contributed by atoms with Gasteiger partial charge in [-0.1, -0.05) is 31.5 Å². The van der Waals surface area contributed by atoms with Crippen LogP contribution in [-0.4, -0.2) is 79.8 Å². The number of piperidine rings is 2. The van der Waals surface area contributed by atoms with E-state index in [0.717, 1.165) is 22.4 Å². The van der Waals surface area contributed by atoms with Gasteiger partial charge in [-0.25, -0.2) is 8.78 Å². The lowest BCUT2D eigenvalue weighted by molar-refractivity contribution is -0.163. The van der Waals surface area contributed by atoms with Crippen LogP contribution in [0.2, 0.25) is 0 Å². The van der Waals surface area contributed by atoms with E-state index in [1.54, 1.807) is 12.1 Å². The van der Waals surface area contributed by atoms with Crippen LogP contribution in [0.5, 0.6) is 5.75 Å². The number of rotatable bonds is 13. The van der Waals surface area contributed by atoms with Crippen LogP contribution < -0.4 is 4.74 Å². The molecule has 16 heteroatoms. The Labute approximate surface area is 306 Å². The minimum Gasteiger partial charge on any atom is -0.481 e. The predicted molar refractivity (Wildman–Crippen MR) is 185 cm³/mol. The van der Waals surface area contributed by atoms with E-state index in [1.165, 1.54) is 33.8 Å². The second-order valence-electron chi connectivity index (χ2n) is 13.0. The van der Waals surface area contributed by atoms with Gasteiger partial charge < -0.3 is 24.7 Å². The smallest absolute Gasteiger partial charge is 0.425 e. The second kappa shape index (κ2) is 16.5. The number of halogens is 5. The van der Waals surface area contributed by atoms with E-state index in [1.807, 2.05) is 19.1 Å². The number of hydrogen-bond donors (Lipinski definition) is 2. The van der Waals surface area contributed by atoms with Gasteiger partial charge in [0.1, 0.15) is 16.3 Å². The first-order valence-electron chi connectivity index (χ1n) is 17.0. The Hall–Kier alpha value is -3.76. The van der Waals surface area contributed by atoms with E-state index in [0.29, 0.717) is 35.5 Å². The standard InChI is InChI=1S/C36H40F5N3O6S2/c1-2-8-27-35(50-23-21-28(52-22-23)36(39,40)41,13-7-17-44(27)32(47)30-24(31(37)38)9-5-16-42-30)33(48)43-18-14-34(49,15-19-43)25-10-3-4-11-26(25)51-20-6-12-29(45)46/h3-5,9-11,16,21-22,27,31,49H,2,6-8,12-15,17-20H2,1H3,(H,45,46)/t27-,35+/m1/s1. The van der Waals surface area contributed by atoms with Crippen molar-refractivity contribution >= 4 is 40.9 Å². The molecule has 2 aliphatic rings. The van der Waals surface area contributed by atoms with Crippen molar-refractivity contribution in [3.05, 3.63) is 75.7 Å². The van der Waals surface area contributed by atoms with Gasteiger partial charge in [-0.15, -0.1) is 23.1 Å². The predicted octanol–water partition coefficient (Wildman–Crippen LogP) is 7.79. The van der Waals surface area contributed by atoms with Crippen molar-refractivity contribution in [1.82, 2.24) is 14.8 Å². The zero-order valence-electron chi connectivity index (χ0n) is 28.4. The van der Waals surface area contributed by atoms with Crippen molar-refractivity contribution < 1.29 is 51.3 Å². The lowest BCUT2D eigenvalue weighted by Gasteiger charge is -2.51. The number of aromatic nitrogens is 1. The van der Waals surface area contributed by atoms with Gasteiger partial charge in [-0.05, 0) is 61.6 Å². The molecule has 5 rings (SSSR count). The molecular weight excluding hydrogens is 730 g/mol. The van der Waals surface area contributed by atoms with Crippen molar-refractivity contribution in [3.63, 3.8) is 0 Å². The number of hydrogen-bond acceptors (Lipinski definition) is 8. The quantitative estimate of drug-likeness (QED) is 0.103. The lowest BCUT2D eigenvalue weighted by Crippen LogP contribution is -2.68. The third kappa shape index (κ3) is 8.54. The number of likely N-dealkylation sites (tertiary alicyclic amines) is 2. The van der Waals surface area contributed by atoms with Gasteiger partial charge in [0.25, 0.3) is 18.2 Å². The van der Waals surface area contributed by atoms with E-state index in [2.05, 4.69) is 4.98 Å². The average Bonchev–Trinajstić information content (AvgIpc) is 3.60. The van der Waals surface area contributed by atoms with E-state index in [-0.39, 0.29) is 63.9 Å². The summed E-state index contributed by atoms with van der Waals surface area (Å²) in [6.45, 7) is 2.00. The number of carboxylic acid groups (broad SMARTS) is 1. The molecule has 0 radical (unpaired) electrons. The normalized spacial score (nSPS) is 20.6. The van der Waals surface area contributed by atoms with Crippen molar-refractivity contribution in [3.8, 4) is 5.75 Å². The molecule has 2 atom stereocenters. The van der Waals surface area contributed by atoms with Crippen molar-refractivity contribution in [1.29, 1.82) is 0 Å². The molecule has 9 nitrogen and oxygen atoms in total. The summed E-state index contributed by atoms with van der Waals surface area (Å²) in [7, 11) is 0. The number of carbonyl (C=O) groups excluding carboxylic acids is 2. The Bertz CT molecular complexity index is 1730. The van der Waals surface area contributed by atoms with Crippen LogP contribution in [0.25, 0.3) is 0 Å². The van der Waals surface area contributed by atoms with Crippen LogP contribution in [0, 0.1) is 0 Å². The maximum Gasteiger partial charge on any atom is 0.425 e. The molecule has 3 aromatic rings. The summed E-state index contributed by atoms with van der Waals surface area (Å²) >= 11 is 1.84. The number of thiophene rings is 1. The second-order valence-corrected chi connectivity index (χ2v) is 15.0. The molecule has 0 unspecified atom stereocenters. The number of pyridine rings is 1. The molecule has 52 heavy (non-hydrogen) atoms. The third-order valence-corrected chi connectivity index (χ3v) is 11.7. The number of amides is 2. The maximum atomic E-state index is 14.9. The minimum atomic E-state index is -4.66. The number of carboxylic acids is 1. The van der Waals surface area contributed by atoms with Gasteiger partial charge in [0.15, 0.2) is 0 Å². The first-order valence-corrected chi connectivity index (χ1v) is 18.9. The lowest BCUT2D eigenvalue weighted by atomic mass is 9.78. The van der Waals surface area contributed by atoms with Crippen LogP contribution >= 0.6 is 23.1 Å². The summed E-state index contributed by atoms with van der Waals surface area (Å²) in [4.78, 5) is 46.5. The molecule has 4 heterocycles. The Morgan fingerprint density at radius 1 is 1.10 bits per heavy atom. The fraction of sp³-hybridized carbons (Fsp3) is 0.500. The Balaban J connectivity index is 1.47. The number of alkyl halides is 5. The first-order chi connectivity index (χ1) is 24.7. The highest BCUT2D eigenvalue weighted by Crippen LogP contribution is 2.44. The maximum absolute atomic E-state index is 14.9. The molecule has 0 saturated carbocycles. The summed E-state index contributed by atoms with van der Waals surface area (Å²) in [5, 5.41) is 22.1. The van der Waals surface area contributed by atoms with Crippen LogP contribution in [-0.2, 0) is 21.4 Å². The SMILES string of the molecule is CCC[C@H]1N(C(=O)c2ncccc2C(F)F)CCC[C@@]1(Oc1csc(C(F)(F)F)c1)C(=O)N1CCC(O)(c2ccccc2SCCCC(=O)O)CC1. The molecule has 2 saturated heterocycles. The zero-order valence-corrected chi connectivity index (χ0v) is 30.0. The van der Waals surface area contributed by atoms with E-state index >= 15 is 0 Å². The number of benzene rings is 1. The Morgan fingerprint density at radius 2 is 1.83 bits per heavy atom. The van der Waals surface area contributed by atoms with Crippen LogP contribution in [0.15, 0.2) is 58.9 Å². The Kier molecular flexibility index (Phi) is 12.5. The van der Waals surface area contributed by atoms with Gasteiger partial charge in [0, 0.05) is 60.6 Å².